The molecule has 8 heteroatoms. The predicted octanol–water partition coefficient (Wildman–Crippen LogP) is 3.98. The zero-order chi connectivity index (χ0) is 23.9. The van der Waals surface area contributed by atoms with Crippen molar-refractivity contribution >= 4 is 29.4 Å². The van der Waals surface area contributed by atoms with Crippen LogP contribution in [-0.2, 0) is 9.59 Å². The lowest BCUT2D eigenvalue weighted by molar-refractivity contribution is -0.130. The van der Waals surface area contributed by atoms with Gasteiger partial charge in [-0.15, -0.1) is 11.8 Å². The van der Waals surface area contributed by atoms with Gasteiger partial charge in [0.2, 0.25) is 11.8 Å². The topological polar surface area (TPSA) is 78.7 Å². The highest BCUT2D eigenvalue weighted by Crippen LogP contribution is 2.29. The lowest BCUT2D eigenvalue weighted by Crippen LogP contribution is -2.50. The summed E-state index contributed by atoms with van der Waals surface area (Å²) in [6.45, 7) is 6.51. The second kappa shape index (κ2) is 11.4. The van der Waals surface area contributed by atoms with Crippen molar-refractivity contribution in [1.82, 2.24) is 15.0 Å². The quantitative estimate of drug-likeness (QED) is 0.528. The first-order valence-electron chi connectivity index (χ1n) is 11.5. The molecule has 1 aliphatic rings. The largest absolute Gasteiger partial charge is 0.360 e. The Labute approximate surface area is 204 Å². The van der Waals surface area contributed by atoms with E-state index in [4.69, 9.17) is 4.52 Å². The van der Waals surface area contributed by atoms with Gasteiger partial charge in [0.1, 0.15) is 5.76 Å². The van der Waals surface area contributed by atoms with Crippen LogP contribution in [0.1, 0.15) is 29.9 Å². The van der Waals surface area contributed by atoms with Gasteiger partial charge in [0.25, 0.3) is 0 Å². The molecule has 1 aromatic heterocycles. The molecule has 1 fully saturated rings. The van der Waals surface area contributed by atoms with Gasteiger partial charge in [-0.05, 0) is 25.0 Å². The molecule has 1 aliphatic heterocycles. The lowest BCUT2D eigenvalue weighted by atomic mass is 9.96. The van der Waals surface area contributed by atoms with Crippen LogP contribution in [0.2, 0.25) is 0 Å². The number of thioether (sulfide) groups is 1. The summed E-state index contributed by atoms with van der Waals surface area (Å²) in [6.07, 6.45) is 0. The number of hydrogen-bond donors (Lipinski definition) is 1. The first kappa shape index (κ1) is 24.0. The molecule has 0 spiro atoms. The summed E-state index contributed by atoms with van der Waals surface area (Å²) in [5.41, 5.74) is 2.51. The smallest absolute Gasteiger partial charge is 0.238 e. The first-order chi connectivity index (χ1) is 16.5. The minimum Gasteiger partial charge on any atom is -0.360 e. The van der Waals surface area contributed by atoms with E-state index in [0.717, 1.165) is 13.1 Å². The molecule has 34 heavy (non-hydrogen) atoms. The van der Waals surface area contributed by atoms with E-state index < -0.39 is 0 Å². The number of nitrogens with one attached hydrogen (secondary N) is 1. The van der Waals surface area contributed by atoms with Crippen LogP contribution in [-0.4, -0.2) is 64.0 Å². The van der Waals surface area contributed by atoms with Crippen molar-refractivity contribution < 1.29 is 14.1 Å². The van der Waals surface area contributed by atoms with Crippen molar-refractivity contribution in [3.8, 4) is 0 Å². The van der Waals surface area contributed by atoms with Gasteiger partial charge in [-0.2, -0.15) is 0 Å². The standard InChI is InChI=1S/C26H30N4O3S/c1-19-17-23(28-33-19)27-26(32)20(2)34-18-24(31)29-13-15-30(16-14-29)25(21-9-5-3-6-10-21)22-11-7-4-8-12-22/h3-12,17,20,25H,13-16,18H2,1-2H3,(H,27,28,32). The van der Waals surface area contributed by atoms with Gasteiger partial charge >= 0.3 is 0 Å². The van der Waals surface area contributed by atoms with Crippen LogP contribution in [0.4, 0.5) is 5.82 Å². The number of aromatic nitrogens is 1. The maximum atomic E-state index is 12.8. The molecule has 4 rings (SSSR count). The minimum atomic E-state index is -0.372. The van der Waals surface area contributed by atoms with Crippen molar-refractivity contribution in [2.24, 2.45) is 0 Å². The molecular weight excluding hydrogens is 448 g/mol. The Morgan fingerprint density at radius 1 is 1.00 bits per heavy atom. The summed E-state index contributed by atoms with van der Waals surface area (Å²) < 4.78 is 4.97. The first-order valence-corrected chi connectivity index (χ1v) is 12.5. The van der Waals surface area contributed by atoms with Crippen LogP contribution in [0, 0.1) is 6.92 Å². The molecule has 2 amide bonds. The van der Waals surface area contributed by atoms with Crippen LogP contribution in [0.15, 0.2) is 71.3 Å². The zero-order valence-electron chi connectivity index (χ0n) is 19.5. The Bertz CT molecular complexity index is 1040. The van der Waals surface area contributed by atoms with Crippen molar-refractivity contribution in [2.75, 3.05) is 37.2 Å². The van der Waals surface area contributed by atoms with E-state index in [1.807, 2.05) is 17.0 Å². The molecule has 7 nitrogen and oxygen atoms in total. The van der Waals surface area contributed by atoms with Crippen LogP contribution in [0.5, 0.6) is 0 Å². The Balaban J connectivity index is 1.30. The Morgan fingerprint density at radius 3 is 2.12 bits per heavy atom. The van der Waals surface area contributed by atoms with Crippen molar-refractivity contribution in [3.05, 3.63) is 83.6 Å². The van der Waals surface area contributed by atoms with Gasteiger partial charge < -0.3 is 14.7 Å². The van der Waals surface area contributed by atoms with Crippen LogP contribution in [0.3, 0.4) is 0 Å². The molecule has 2 heterocycles. The molecule has 0 bridgehead atoms. The molecule has 178 valence electrons. The molecule has 1 atom stereocenters. The van der Waals surface area contributed by atoms with E-state index in [1.54, 1.807) is 19.9 Å². The fraction of sp³-hybridized carbons (Fsp3) is 0.346. The Morgan fingerprint density at radius 2 is 1.59 bits per heavy atom. The normalized spacial score (nSPS) is 15.3. The average molecular weight is 479 g/mol. The van der Waals surface area contributed by atoms with E-state index in [0.29, 0.717) is 24.7 Å². The third-order valence-electron chi connectivity index (χ3n) is 5.97. The fourth-order valence-corrected chi connectivity index (χ4v) is 4.92. The molecule has 1 unspecified atom stereocenters. The number of nitrogens with zero attached hydrogens (tertiary/aromatic N) is 3. The van der Waals surface area contributed by atoms with Gasteiger partial charge in [-0.3, -0.25) is 14.5 Å². The fourth-order valence-electron chi connectivity index (χ4n) is 4.13. The van der Waals surface area contributed by atoms with E-state index in [-0.39, 0.29) is 28.9 Å². The molecule has 0 aliphatic carbocycles. The number of hydrogen-bond acceptors (Lipinski definition) is 6. The van der Waals surface area contributed by atoms with Crippen molar-refractivity contribution in [2.45, 2.75) is 25.1 Å². The van der Waals surface area contributed by atoms with Crippen molar-refractivity contribution in [3.63, 3.8) is 0 Å². The van der Waals surface area contributed by atoms with Gasteiger partial charge in [0.05, 0.1) is 17.0 Å². The summed E-state index contributed by atoms with van der Waals surface area (Å²) >= 11 is 1.34. The summed E-state index contributed by atoms with van der Waals surface area (Å²) in [6, 6.07) is 22.9. The summed E-state index contributed by atoms with van der Waals surface area (Å²) in [5, 5.41) is 6.12. The van der Waals surface area contributed by atoms with Crippen LogP contribution < -0.4 is 5.32 Å². The Kier molecular flexibility index (Phi) is 8.03. The molecule has 1 saturated heterocycles. The number of aryl methyl sites for hydroxylation is 1. The Hall–Kier alpha value is -3.10. The molecule has 2 aromatic carbocycles. The van der Waals surface area contributed by atoms with E-state index in [9.17, 15) is 9.59 Å². The maximum Gasteiger partial charge on any atom is 0.238 e. The molecular formula is C26H30N4O3S. The van der Waals surface area contributed by atoms with Gasteiger partial charge in [0.15, 0.2) is 5.82 Å². The van der Waals surface area contributed by atoms with E-state index in [1.165, 1.54) is 22.9 Å². The number of rotatable bonds is 8. The average Bonchev–Trinajstić information content (AvgIpc) is 3.28. The molecule has 0 saturated carbocycles. The number of carbonyl (C=O) groups is 2. The van der Waals surface area contributed by atoms with Gasteiger partial charge in [-0.1, -0.05) is 65.8 Å². The monoisotopic (exact) mass is 478 g/mol. The zero-order valence-corrected chi connectivity index (χ0v) is 20.3. The number of piperazine rings is 1. The third kappa shape index (κ3) is 6.07. The third-order valence-corrected chi connectivity index (χ3v) is 7.10. The van der Waals surface area contributed by atoms with E-state index in [2.05, 4.69) is 63.9 Å². The van der Waals surface area contributed by atoms with Crippen LogP contribution in [0.25, 0.3) is 0 Å². The highest BCUT2D eigenvalue weighted by atomic mass is 32.2. The highest BCUT2D eigenvalue weighted by molar-refractivity contribution is 8.01. The molecule has 0 radical (unpaired) electrons. The number of benzene rings is 2. The SMILES string of the molecule is Cc1cc(NC(=O)C(C)SCC(=O)N2CCN(C(c3ccccc3)c3ccccc3)CC2)no1. The molecule has 3 aromatic rings. The van der Waals surface area contributed by atoms with Crippen LogP contribution >= 0.6 is 11.8 Å². The van der Waals surface area contributed by atoms with E-state index >= 15 is 0 Å². The highest BCUT2D eigenvalue weighted by Gasteiger charge is 2.28. The number of amides is 2. The number of anilines is 1. The summed E-state index contributed by atoms with van der Waals surface area (Å²) in [7, 11) is 0. The second-order valence-electron chi connectivity index (χ2n) is 8.41. The predicted molar refractivity (Wildman–Crippen MR) is 135 cm³/mol. The van der Waals surface area contributed by atoms with Crippen molar-refractivity contribution in [1.29, 1.82) is 0 Å². The second-order valence-corrected chi connectivity index (χ2v) is 9.74. The summed E-state index contributed by atoms with van der Waals surface area (Å²) in [4.78, 5) is 29.5. The maximum absolute atomic E-state index is 12.8. The number of carbonyl (C=O) groups excluding carboxylic acids is 2. The molecule has 1 N–H and O–H groups in total. The summed E-state index contributed by atoms with van der Waals surface area (Å²) in [5.74, 6) is 1.17. The van der Waals surface area contributed by atoms with Gasteiger partial charge in [0, 0.05) is 32.2 Å². The minimum absolute atomic E-state index is 0.0672. The lowest BCUT2D eigenvalue weighted by Gasteiger charge is -2.39. The van der Waals surface area contributed by atoms with Gasteiger partial charge in [-0.25, -0.2) is 0 Å².